The molecule has 2 rings (SSSR count). The van der Waals surface area contributed by atoms with Crippen LogP contribution in [0.3, 0.4) is 0 Å². The number of carbonyl (C=O) groups is 1. The van der Waals surface area contributed by atoms with Crippen molar-refractivity contribution < 1.29 is 22.4 Å². The van der Waals surface area contributed by atoms with Gasteiger partial charge in [-0.1, -0.05) is 0 Å². The molecule has 0 aliphatic carbocycles. The molecule has 18 heavy (non-hydrogen) atoms. The monoisotopic (exact) mass is 259 g/mol. The van der Waals surface area contributed by atoms with Gasteiger partial charge in [0, 0.05) is 6.07 Å². The minimum atomic E-state index is -2.04. The molecule has 1 aromatic carbocycles. The zero-order valence-electron chi connectivity index (χ0n) is 8.60. The van der Waals surface area contributed by atoms with Crippen molar-refractivity contribution in [2.75, 3.05) is 5.32 Å². The molecule has 0 bridgehead atoms. The Kier molecular flexibility index (Phi) is 3.00. The van der Waals surface area contributed by atoms with Crippen molar-refractivity contribution >= 4 is 11.7 Å². The summed E-state index contributed by atoms with van der Waals surface area (Å²) in [6, 6.07) is 1.62. The molecule has 0 atom stereocenters. The van der Waals surface area contributed by atoms with Crippen molar-refractivity contribution in [2.24, 2.45) is 0 Å². The molecular weight excluding hydrogens is 254 g/mol. The molecule has 0 spiro atoms. The lowest BCUT2D eigenvalue weighted by Gasteiger charge is -2.05. The van der Waals surface area contributed by atoms with Gasteiger partial charge in [-0.2, -0.15) is 5.10 Å². The lowest BCUT2D eigenvalue weighted by atomic mass is 10.1. The van der Waals surface area contributed by atoms with E-state index in [1.807, 2.05) is 0 Å². The van der Waals surface area contributed by atoms with Gasteiger partial charge in [-0.3, -0.25) is 9.89 Å². The number of aromatic amines is 1. The van der Waals surface area contributed by atoms with Crippen LogP contribution < -0.4 is 5.32 Å². The SMILES string of the molecule is O=C(Nc1ccn[nH]1)c1cc(F)c(F)c(F)c1F. The summed E-state index contributed by atoms with van der Waals surface area (Å²) >= 11 is 0. The predicted molar refractivity (Wildman–Crippen MR) is 52.8 cm³/mol. The van der Waals surface area contributed by atoms with Gasteiger partial charge in [0.15, 0.2) is 23.3 Å². The Labute approximate surface area is 97.6 Å². The topological polar surface area (TPSA) is 57.8 Å². The van der Waals surface area contributed by atoms with E-state index in [1.54, 1.807) is 0 Å². The molecule has 0 fully saturated rings. The Morgan fingerprint density at radius 2 is 1.89 bits per heavy atom. The summed E-state index contributed by atoms with van der Waals surface area (Å²) in [5, 5.41) is 7.93. The highest BCUT2D eigenvalue weighted by Crippen LogP contribution is 2.19. The third-order valence-electron chi connectivity index (χ3n) is 2.10. The molecule has 1 aromatic heterocycles. The summed E-state index contributed by atoms with van der Waals surface area (Å²) < 4.78 is 51.7. The molecular formula is C10H5F4N3O. The van der Waals surface area contributed by atoms with Gasteiger partial charge in [0.05, 0.1) is 11.8 Å². The van der Waals surface area contributed by atoms with E-state index >= 15 is 0 Å². The molecule has 2 N–H and O–H groups in total. The first-order valence-corrected chi connectivity index (χ1v) is 4.64. The fourth-order valence-electron chi connectivity index (χ4n) is 1.25. The molecule has 0 saturated carbocycles. The van der Waals surface area contributed by atoms with Gasteiger partial charge in [-0.15, -0.1) is 0 Å². The normalized spacial score (nSPS) is 10.4. The van der Waals surface area contributed by atoms with Crippen LogP contribution in [-0.2, 0) is 0 Å². The van der Waals surface area contributed by atoms with Crippen LogP contribution >= 0.6 is 0 Å². The van der Waals surface area contributed by atoms with Crippen molar-refractivity contribution in [3.63, 3.8) is 0 Å². The number of H-pyrrole nitrogens is 1. The number of rotatable bonds is 2. The van der Waals surface area contributed by atoms with Gasteiger partial charge in [0.1, 0.15) is 5.82 Å². The molecule has 0 saturated heterocycles. The van der Waals surface area contributed by atoms with Gasteiger partial charge in [-0.25, -0.2) is 17.6 Å². The second-order valence-corrected chi connectivity index (χ2v) is 3.27. The molecule has 2 aromatic rings. The highest BCUT2D eigenvalue weighted by atomic mass is 19.2. The largest absolute Gasteiger partial charge is 0.307 e. The van der Waals surface area contributed by atoms with Crippen molar-refractivity contribution in [1.29, 1.82) is 0 Å². The Balaban J connectivity index is 2.36. The van der Waals surface area contributed by atoms with Crippen LogP contribution in [0.2, 0.25) is 0 Å². The Hall–Kier alpha value is -2.38. The highest BCUT2D eigenvalue weighted by Gasteiger charge is 2.23. The van der Waals surface area contributed by atoms with Crippen molar-refractivity contribution in [3.8, 4) is 0 Å². The molecule has 1 amide bonds. The first-order chi connectivity index (χ1) is 8.50. The number of benzene rings is 1. The van der Waals surface area contributed by atoms with Crippen molar-refractivity contribution in [1.82, 2.24) is 10.2 Å². The van der Waals surface area contributed by atoms with Crippen LogP contribution in [0, 0.1) is 23.3 Å². The maximum absolute atomic E-state index is 13.3. The number of aromatic nitrogens is 2. The predicted octanol–water partition coefficient (Wildman–Crippen LogP) is 2.22. The van der Waals surface area contributed by atoms with E-state index in [-0.39, 0.29) is 11.9 Å². The average Bonchev–Trinajstić information content (AvgIpc) is 2.83. The standard InChI is InChI=1S/C10H5F4N3O/c11-5-3-4(7(12)9(14)8(5)13)10(18)16-6-1-2-15-17-6/h1-3H,(H2,15,16,17,18). The van der Waals surface area contributed by atoms with E-state index in [0.717, 1.165) is 0 Å². The minimum Gasteiger partial charge on any atom is -0.307 e. The number of anilines is 1. The van der Waals surface area contributed by atoms with E-state index in [2.05, 4.69) is 15.5 Å². The number of hydrogen-bond acceptors (Lipinski definition) is 2. The summed E-state index contributed by atoms with van der Waals surface area (Å²) in [4.78, 5) is 11.5. The van der Waals surface area contributed by atoms with Gasteiger partial charge in [0.25, 0.3) is 5.91 Å². The second-order valence-electron chi connectivity index (χ2n) is 3.27. The van der Waals surface area contributed by atoms with E-state index in [4.69, 9.17) is 0 Å². The summed E-state index contributed by atoms with van der Waals surface area (Å²) in [5.74, 6) is -8.44. The molecule has 0 aliphatic rings. The lowest BCUT2D eigenvalue weighted by Crippen LogP contribution is -2.16. The lowest BCUT2D eigenvalue weighted by molar-refractivity contribution is 0.102. The van der Waals surface area contributed by atoms with Crippen LogP contribution in [0.25, 0.3) is 0 Å². The van der Waals surface area contributed by atoms with E-state index < -0.39 is 34.7 Å². The van der Waals surface area contributed by atoms with Crippen molar-refractivity contribution in [2.45, 2.75) is 0 Å². The molecule has 0 aliphatic heterocycles. The van der Waals surface area contributed by atoms with Gasteiger partial charge in [0.2, 0.25) is 0 Å². The van der Waals surface area contributed by atoms with E-state index in [1.165, 1.54) is 12.3 Å². The summed E-state index contributed by atoms with van der Waals surface area (Å²) in [6.45, 7) is 0. The maximum Gasteiger partial charge on any atom is 0.259 e. The molecule has 4 nitrogen and oxygen atoms in total. The second kappa shape index (κ2) is 4.47. The summed E-state index contributed by atoms with van der Waals surface area (Å²) in [5.41, 5.74) is -0.944. The molecule has 0 unspecified atom stereocenters. The van der Waals surface area contributed by atoms with E-state index in [0.29, 0.717) is 0 Å². The fourth-order valence-corrected chi connectivity index (χ4v) is 1.25. The highest BCUT2D eigenvalue weighted by molar-refractivity contribution is 6.03. The Bertz CT molecular complexity index is 598. The molecule has 1 heterocycles. The van der Waals surface area contributed by atoms with Crippen LogP contribution in [0.1, 0.15) is 10.4 Å². The van der Waals surface area contributed by atoms with Gasteiger partial charge < -0.3 is 5.32 Å². The Morgan fingerprint density at radius 1 is 1.17 bits per heavy atom. The summed E-state index contributed by atoms with van der Waals surface area (Å²) in [6.07, 6.45) is 1.30. The third kappa shape index (κ3) is 2.04. The molecule has 94 valence electrons. The summed E-state index contributed by atoms with van der Waals surface area (Å²) in [7, 11) is 0. The molecule has 8 heteroatoms. The first-order valence-electron chi connectivity index (χ1n) is 4.64. The fraction of sp³-hybridized carbons (Fsp3) is 0. The maximum atomic E-state index is 13.3. The van der Waals surface area contributed by atoms with E-state index in [9.17, 15) is 22.4 Å². The van der Waals surface area contributed by atoms with Crippen LogP contribution in [0.15, 0.2) is 18.3 Å². The van der Waals surface area contributed by atoms with Crippen LogP contribution in [-0.4, -0.2) is 16.1 Å². The number of amides is 1. The first kappa shape index (κ1) is 12.1. The zero-order valence-corrected chi connectivity index (χ0v) is 8.60. The number of nitrogens with one attached hydrogen (secondary N) is 2. The third-order valence-corrected chi connectivity index (χ3v) is 2.10. The number of carbonyl (C=O) groups excluding carboxylic acids is 1. The van der Waals surface area contributed by atoms with Crippen LogP contribution in [0.4, 0.5) is 23.4 Å². The minimum absolute atomic E-state index is 0.101. The quantitative estimate of drug-likeness (QED) is 0.493. The van der Waals surface area contributed by atoms with Gasteiger partial charge >= 0.3 is 0 Å². The smallest absolute Gasteiger partial charge is 0.259 e. The van der Waals surface area contributed by atoms with Crippen LogP contribution in [0.5, 0.6) is 0 Å². The van der Waals surface area contributed by atoms with Gasteiger partial charge in [-0.05, 0) is 6.07 Å². The number of nitrogens with zero attached hydrogens (tertiary/aromatic N) is 1. The average molecular weight is 259 g/mol. The molecule has 0 radical (unpaired) electrons. The number of hydrogen-bond donors (Lipinski definition) is 2. The van der Waals surface area contributed by atoms with Crippen molar-refractivity contribution in [3.05, 3.63) is 47.2 Å². The zero-order chi connectivity index (χ0) is 13.3. The Morgan fingerprint density at radius 3 is 2.50 bits per heavy atom. The number of halogens is 4.